The number of carbonyl (C=O) groups excluding carboxylic acids is 1. The zero-order valence-electron chi connectivity index (χ0n) is 18.2. The fraction of sp³-hybridized carbons (Fsp3) is 0.0800. The molecule has 1 aliphatic heterocycles. The number of para-hydroxylation sites is 1. The minimum atomic E-state index is -0.364. The predicted octanol–water partition coefficient (Wildman–Crippen LogP) is 5.80. The lowest BCUT2D eigenvalue weighted by atomic mass is 10.2. The number of amides is 1. The molecule has 0 unspecified atom stereocenters. The fourth-order valence-corrected chi connectivity index (χ4v) is 5.32. The van der Waals surface area contributed by atoms with Crippen molar-refractivity contribution < 1.29 is 9.21 Å². The summed E-state index contributed by atoms with van der Waals surface area (Å²) in [5.74, 6) is 0.718. The highest BCUT2D eigenvalue weighted by molar-refractivity contribution is 8.27. The van der Waals surface area contributed by atoms with E-state index in [1.54, 1.807) is 42.9 Å². The van der Waals surface area contributed by atoms with Crippen molar-refractivity contribution in [1.29, 1.82) is 0 Å². The van der Waals surface area contributed by atoms with Gasteiger partial charge >= 0.3 is 0 Å². The third-order valence-electron chi connectivity index (χ3n) is 5.58. The van der Waals surface area contributed by atoms with Crippen LogP contribution in [0.2, 0.25) is 5.02 Å². The van der Waals surface area contributed by atoms with Gasteiger partial charge < -0.3 is 4.42 Å². The molecule has 0 saturated carbocycles. The molecule has 1 amide bonds. The summed E-state index contributed by atoms with van der Waals surface area (Å²) >= 11 is 12.9. The normalized spacial score (nSPS) is 15.0. The minimum absolute atomic E-state index is 0.244. The Morgan fingerprint density at radius 3 is 2.44 bits per heavy atom. The molecule has 5 rings (SSSR count). The van der Waals surface area contributed by atoms with Crippen LogP contribution >= 0.6 is 35.6 Å². The maximum absolute atomic E-state index is 13.4. The molecular formula is C25H18ClN3O3S2. The first-order chi connectivity index (χ1) is 16.4. The highest BCUT2D eigenvalue weighted by Gasteiger charge is 2.38. The van der Waals surface area contributed by atoms with E-state index >= 15 is 0 Å². The van der Waals surface area contributed by atoms with Crippen LogP contribution in [0.5, 0.6) is 0 Å². The first-order valence-corrected chi connectivity index (χ1v) is 11.9. The van der Waals surface area contributed by atoms with Crippen LogP contribution in [-0.4, -0.2) is 19.6 Å². The van der Waals surface area contributed by atoms with E-state index in [1.807, 2.05) is 48.5 Å². The zero-order chi connectivity index (χ0) is 24.0. The van der Waals surface area contributed by atoms with Gasteiger partial charge in [0, 0.05) is 18.7 Å². The van der Waals surface area contributed by atoms with Crippen LogP contribution < -0.4 is 10.5 Å². The molecule has 34 heavy (non-hydrogen) atoms. The van der Waals surface area contributed by atoms with Gasteiger partial charge in [-0.15, -0.1) is 0 Å². The lowest BCUT2D eigenvalue weighted by molar-refractivity contribution is -0.113. The van der Waals surface area contributed by atoms with Crippen LogP contribution in [0.3, 0.4) is 0 Å². The van der Waals surface area contributed by atoms with E-state index in [-0.39, 0.29) is 17.2 Å². The van der Waals surface area contributed by atoms with E-state index in [0.717, 1.165) is 17.3 Å². The maximum Gasteiger partial charge on any atom is 0.296 e. The van der Waals surface area contributed by atoms with Gasteiger partial charge in [0.15, 0.2) is 4.32 Å². The Labute approximate surface area is 210 Å². The molecule has 0 spiro atoms. The van der Waals surface area contributed by atoms with Crippen molar-refractivity contribution in [3.05, 3.63) is 98.5 Å². The van der Waals surface area contributed by atoms with Crippen molar-refractivity contribution in [2.75, 3.05) is 4.90 Å². The average molecular weight is 508 g/mol. The molecular weight excluding hydrogens is 490 g/mol. The van der Waals surface area contributed by atoms with Gasteiger partial charge in [0.2, 0.25) is 0 Å². The Bertz CT molecular complexity index is 1530. The summed E-state index contributed by atoms with van der Waals surface area (Å²) in [6.07, 6.45) is 1.63. The number of carbonyl (C=O) groups is 1. The lowest BCUT2D eigenvalue weighted by Crippen LogP contribution is -2.33. The van der Waals surface area contributed by atoms with Crippen molar-refractivity contribution in [2.45, 2.75) is 6.92 Å². The van der Waals surface area contributed by atoms with Crippen molar-refractivity contribution in [3.8, 4) is 17.0 Å². The second-order valence-electron chi connectivity index (χ2n) is 7.61. The topological polar surface area (TPSA) is 60.4 Å². The van der Waals surface area contributed by atoms with Gasteiger partial charge in [0.25, 0.3) is 11.5 Å². The van der Waals surface area contributed by atoms with Crippen molar-refractivity contribution in [3.63, 3.8) is 0 Å². The van der Waals surface area contributed by atoms with Crippen LogP contribution in [0, 0.1) is 6.92 Å². The quantitative estimate of drug-likeness (QED) is 0.258. The van der Waals surface area contributed by atoms with Gasteiger partial charge in [0.1, 0.15) is 17.2 Å². The standard InChI is InChI=1S/C25H18ClN3O3S2/c1-15-22(24(31)29(27(15)2)16-8-4-3-5-9-16)28-23(30)21(34-25(28)33)14-17-12-13-20(32-17)18-10-6-7-11-19(18)26/h3-14H,1-2H3/b21-14-. The third kappa shape index (κ3) is 3.73. The highest BCUT2D eigenvalue weighted by Crippen LogP contribution is 2.37. The Hall–Kier alpha value is -3.33. The van der Waals surface area contributed by atoms with Gasteiger partial charge in [-0.2, -0.15) is 0 Å². The maximum atomic E-state index is 13.4. The smallest absolute Gasteiger partial charge is 0.296 e. The third-order valence-corrected chi connectivity index (χ3v) is 7.21. The number of hydrogen-bond acceptors (Lipinski definition) is 5. The van der Waals surface area contributed by atoms with E-state index < -0.39 is 0 Å². The molecule has 1 saturated heterocycles. The van der Waals surface area contributed by atoms with E-state index in [2.05, 4.69) is 0 Å². The molecule has 3 heterocycles. The molecule has 0 bridgehead atoms. The van der Waals surface area contributed by atoms with Gasteiger partial charge in [-0.25, -0.2) is 4.68 Å². The van der Waals surface area contributed by atoms with Crippen LogP contribution in [0.15, 0.2) is 80.8 Å². The van der Waals surface area contributed by atoms with Crippen LogP contribution in [0.4, 0.5) is 5.69 Å². The van der Waals surface area contributed by atoms with Crippen molar-refractivity contribution >= 4 is 57.6 Å². The molecule has 1 fully saturated rings. The number of nitrogens with zero attached hydrogens (tertiary/aromatic N) is 3. The highest BCUT2D eigenvalue weighted by atomic mass is 35.5. The number of halogens is 1. The SMILES string of the molecule is Cc1c(N2C(=O)/C(=C/c3ccc(-c4ccccc4Cl)o3)SC2=S)c(=O)n(-c2ccccc2)n1C. The Kier molecular flexibility index (Phi) is 5.81. The molecule has 0 radical (unpaired) electrons. The summed E-state index contributed by atoms with van der Waals surface area (Å²) in [6, 6.07) is 20.2. The molecule has 170 valence electrons. The molecule has 2 aromatic carbocycles. The number of hydrogen-bond donors (Lipinski definition) is 0. The number of furan rings is 1. The second-order valence-corrected chi connectivity index (χ2v) is 9.69. The summed E-state index contributed by atoms with van der Waals surface area (Å²) in [7, 11) is 1.78. The Morgan fingerprint density at radius 1 is 1.00 bits per heavy atom. The molecule has 0 atom stereocenters. The molecule has 0 aliphatic carbocycles. The Balaban J connectivity index is 1.50. The number of rotatable bonds is 4. The number of thioether (sulfide) groups is 1. The minimum Gasteiger partial charge on any atom is -0.457 e. The summed E-state index contributed by atoms with van der Waals surface area (Å²) in [6.45, 7) is 1.79. The molecule has 4 aromatic rings. The second kappa shape index (κ2) is 8.79. The predicted molar refractivity (Wildman–Crippen MR) is 141 cm³/mol. The van der Waals surface area contributed by atoms with Crippen molar-refractivity contribution in [2.24, 2.45) is 7.05 Å². The first-order valence-electron chi connectivity index (χ1n) is 10.3. The molecule has 9 heteroatoms. The van der Waals surface area contributed by atoms with Crippen molar-refractivity contribution in [1.82, 2.24) is 9.36 Å². The van der Waals surface area contributed by atoms with Crippen LogP contribution in [0.1, 0.15) is 11.5 Å². The zero-order valence-corrected chi connectivity index (χ0v) is 20.6. The molecule has 2 aromatic heterocycles. The lowest BCUT2D eigenvalue weighted by Gasteiger charge is -2.12. The number of aromatic nitrogens is 2. The molecule has 6 nitrogen and oxygen atoms in total. The first kappa shape index (κ1) is 22.5. The fourth-order valence-electron chi connectivity index (χ4n) is 3.84. The molecule has 0 N–H and O–H groups in total. The van der Waals surface area contributed by atoms with E-state index in [1.165, 1.54) is 9.58 Å². The summed E-state index contributed by atoms with van der Waals surface area (Å²) in [5.41, 5.74) is 2.02. The van der Waals surface area contributed by atoms with Crippen LogP contribution in [-0.2, 0) is 11.8 Å². The summed E-state index contributed by atoms with van der Waals surface area (Å²) < 4.78 is 9.44. The monoisotopic (exact) mass is 507 g/mol. The van der Waals surface area contributed by atoms with E-state index in [9.17, 15) is 9.59 Å². The van der Waals surface area contributed by atoms with E-state index in [0.29, 0.717) is 37.2 Å². The molecule has 1 aliphatic rings. The number of thiocarbonyl (C=S) groups is 1. The van der Waals surface area contributed by atoms with Gasteiger partial charge in [-0.3, -0.25) is 19.2 Å². The number of benzene rings is 2. The summed E-state index contributed by atoms with van der Waals surface area (Å²) in [4.78, 5) is 28.4. The van der Waals surface area contributed by atoms with Gasteiger partial charge in [0.05, 0.1) is 21.3 Å². The Morgan fingerprint density at radius 2 is 1.71 bits per heavy atom. The van der Waals surface area contributed by atoms with Gasteiger partial charge in [-0.05, 0) is 43.3 Å². The van der Waals surface area contributed by atoms with E-state index in [4.69, 9.17) is 28.2 Å². The summed E-state index contributed by atoms with van der Waals surface area (Å²) in [5, 5.41) is 0.573. The largest absolute Gasteiger partial charge is 0.457 e. The number of anilines is 1. The van der Waals surface area contributed by atoms with Gasteiger partial charge in [-0.1, -0.05) is 65.9 Å². The average Bonchev–Trinajstić information content (AvgIpc) is 3.46. The van der Waals surface area contributed by atoms with Crippen LogP contribution in [0.25, 0.3) is 23.1 Å².